The van der Waals surface area contributed by atoms with Gasteiger partial charge in [-0.25, -0.2) is 9.51 Å². The minimum absolute atomic E-state index is 0.484. The number of hydrogen-bond acceptors (Lipinski definition) is 3. The standard InChI is InChI=1S/C10H21F6N4O2P/c1-18(2)23(19(3)4,17-22-7-10(14,15)16)20(5)8-21-6-9(11,12)13/h6-8H2,1-5H3. The summed E-state index contributed by atoms with van der Waals surface area (Å²) in [6.45, 7) is -3.54. The summed E-state index contributed by atoms with van der Waals surface area (Å²) >= 11 is 0. The van der Waals surface area contributed by atoms with E-state index in [4.69, 9.17) is 0 Å². The summed E-state index contributed by atoms with van der Waals surface area (Å²) in [7, 11) is 4.55. The van der Waals surface area contributed by atoms with E-state index in [-0.39, 0.29) is 0 Å². The molecule has 0 spiro atoms. The summed E-state index contributed by atoms with van der Waals surface area (Å²) in [5.41, 5.74) is 0. The minimum Gasteiger partial charge on any atom is -0.356 e. The van der Waals surface area contributed by atoms with Gasteiger partial charge in [-0.2, -0.15) is 26.3 Å². The molecule has 0 aromatic heterocycles. The van der Waals surface area contributed by atoms with Gasteiger partial charge in [-0.15, -0.1) is 4.91 Å². The Labute approximate surface area is 131 Å². The number of hydrogen-bond donors (Lipinski definition) is 0. The van der Waals surface area contributed by atoms with Gasteiger partial charge in [0.2, 0.25) is 0 Å². The molecule has 0 radical (unpaired) electrons. The van der Waals surface area contributed by atoms with E-state index >= 15 is 0 Å². The third-order valence-electron chi connectivity index (χ3n) is 2.47. The molecule has 140 valence electrons. The van der Waals surface area contributed by atoms with Gasteiger partial charge >= 0.3 is 12.4 Å². The van der Waals surface area contributed by atoms with Crippen molar-refractivity contribution in [2.75, 3.05) is 55.2 Å². The van der Waals surface area contributed by atoms with E-state index in [1.165, 1.54) is 49.2 Å². The molecule has 0 aliphatic carbocycles. The van der Waals surface area contributed by atoms with Crippen molar-refractivity contribution in [1.29, 1.82) is 0 Å². The van der Waals surface area contributed by atoms with Crippen molar-refractivity contribution in [3.8, 4) is 0 Å². The van der Waals surface area contributed by atoms with Crippen molar-refractivity contribution in [2.45, 2.75) is 12.4 Å². The average molecular weight is 374 g/mol. The second kappa shape index (κ2) is 8.63. The van der Waals surface area contributed by atoms with Gasteiger partial charge in [0.25, 0.3) is 0 Å². The van der Waals surface area contributed by atoms with E-state index < -0.39 is 39.8 Å². The average Bonchev–Trinajstić information content (AvgIpc) is 2.30. The molecular weight excluding hydrogens is 353 g/mol. The van der Waals surface area contributed by atoms with Gasteiger partial charge < -0.3 is 4.74 Å². The minimum atomic E-state index is -4.57. The summed E-state index contributed by atoms with van der Waals surface area (Å²) < 4.78 is 81.8. The van der Waals surface area contributed by atoms with Crippen molar-refractivity contribution in [3.63, 3.8) is 0 Å². The Morgan fingerprint density at radius 2 is 1.26 bits per heavy atom. The molecule has 0 aromatic carbocycles. The van der Waals surface area contributed by atoms with E-state index in [1.807, 2.05) is 0 Å². The van der Waals surface area contributed by atoms with Gasteiger partial charge in [0.1, 0.15) is 13.3 Å². The number of nitrogens with zero attached hydrogens (tertiary/aromatic N) is 4. The van der Waals surface area contributed by atoms with Crippen molar-refractivity contribution >= 4 is 7.51 Å². The SMILES string of the molecule is CN(C)P(=NOCC(F)(F)F)(N(C)C)N(C)COCC(F)(F)F. The Morgan fingerprint density at radius 1 is 0.826 bits per heavy atom. The molecule has 0 amide bonds. The first-order valence-corrected chi connectivity index (χ1v) is 7.84. The van der Waals surface area contributed by atoms with Crippen LogP contribution in [0.15, 0.2) is 4.91 Å². The number of halogens is 6. The van der Waals surface area contributed by atoms with Crippen LogP contribution in [-0.4, -0.2) is 81.5 Å². The van der Waals surface area contributed by atoms with Crippen LogP contribution < -0.4 is 0 Å². The van der Waals surface area contributed by atoms with E-state index in [1.54, 1.807) is 0 Å². The first kappa shape index (κ1) is 22.6. The van der Waals surface area contributed by atoms with E-state index in [0.29, 0.717) is 0 Å². The van der Waals surface area contributed by atoms with Crippen LogP contribution in [0.1, 0.15) is 0 Å². The van der Waals surface area contributed by atoms with Crippen LogP contribution in [0.5, 0.6) is 0 Å². The van der Waals surface area contributed by atoms with Crippen LogP contribution >= 0.6 is 7.51 Å². The molecule has 0 rings (SSSR count). The highest BCUT2D eigenvalue weighted by Gasteiger charge is 2.35. The quantitative estimate of drug-likeness (QED) is 0.283. The molecule has 6 nitrogen and oxygen atoms in total. The summed E-state index contributed by atoms with van der Waals surface area (Å²) in [6, 6.07) is 0. The maximum atomic E-state index is 12.2. The zero-order valence-corrected chi connectivity index (χ0v) is 14.3. The molecule has 0 aliphatic heterocycles. The molecular formula is C10H21F6N4O2P. The van der Waals surface area contributed by atoms with Crippen LogP contribution in [0.2, 0.25) is 0 Å². The van der Waals surface area contributed by atoms with Crippen molar-refractivity contribution < 1.29 is 35.9 Å². The zero-order chi connectivity index (χ0) is 18.5. The van der Waals surface area contributed by atoms with Crippen LogP contribution in [0.3, 0.4) is 0 Å². The van der Waals surface area contributed by atoms with Gasteiger partial charge in [-0.1, -0.05) is 0 Å². The van der Waals surface area contributed by atoms with Crippen molar-refractivity contribution in [3.05, 3.63) is 0 Å². The molecule has 0 aliphatic rings. The molecule has 0 aromatic rings. The topological polar surface area (TPSA) is 40.5 Å². The summed E-state index contributed by atoms with van der Waals surface area (Å²) in [4.78, 5) is 8.06. The Balaban J connectivity index is 5.22. The van der Waals surface area contributed by atoms with Crippen molar-refractivity contribution in [1.82, 2.24) is 14.0 Å². The number of alkyl halides is 6. The number of rotatable bonds is 8. The van der Waals surface area contributed by atoms with Gasteiger partial charge in [0.05, 0.1) is 0 Å². The van der Waals surface area contributed by atoms with Gasteiger partial charge in [-0.3, -0.25) is 9.34 Å². The lowest BCUT2D eigenvalue weighted by Crippen LogP contribution is -2.35. The molecule has 0 unspecified atom stereocenters. The second-order valence-electron chi connectivity index (χ2n) is 4.95. The normalized spacial score (nSPS) is 14.2. The molecule has 0 saturated heterocycles. The molecule has 13 heteroatoms. The Morgan fingerprint density at radius 3 is 1.61 bits per heavy atom. The van der Waals surface area contributed by atoms with Crippen molar-refractivity contribution in [2.24, 2.45) is 4.91 Å². The third kappa shape index (κ3) is 7.81. The molecule has 0 heterocycles. The first-order valence-electron chi connectivity index (χ1n) is 6.24. The van der Waals surface area contributed by atoms with Crippen LogP contribution in [0.4, 0.5) is 26.3 Å². The van der Waals surface area contributed by atoms with Gasteiger partial charge in [-0.05, 0) is 35.2 Å². The van der Waals surface area contributed by atoms with Crippen LogP contribution in [-0.2, 0) is 9.57 Å². The fraction of sp³-hybridized carbons (Fsp3) is 1.00. The molecule has 0 bridgehead atoms. The highest BCUT2D eigenvalue weighted by Crippen LogP contribution is 2.55. The third-order valence-corrected chi connectivity index (χ3v) is 5.98. The largest absolute Gasteiger partial charge is 0.414 e. The summed E-state index contributed by atoms with van der Waals surface area (Å²) in [5.74, 6) is 0. The fourth-order valence-electron chi connectivity index (χ4n) is 1.73. The second-order valence-corrected chi connectivity index (χ2v) is 8.47. The van der Waals surface area contributed by atoms with Gasteiger partial charge in [0.15, 0.2) is 14.1 Å². The molecule has 0 atom stereocenters. The lowest BCUT2D eigenvalue weighted by Gasteiger charge is -2.41. The molecule has 0 fully saturated rings. The lowest BCUT2D eigenvalue weighted by atomic mass is 10.7. The van der Waals surface area contributed by atoms with E-state index in [9.17, 15) is 26.3 Å². The Bertz CT molecular complexity index is 401. The maximum Gasteiger partial charge on any atom is 0.414 e. The predicted molar refractivity (Wildman–Crippen MR) is 73.4 cm³/mol. The summed E-state index contributed by atoms with van der Waals surface area (Å²) in [5, 5.41) is 0. The van der Waals surface area contributed by atoms with Crippen LogP contribution in [0.25, 0.3) is 0 Å². The smallest absolute Gasteiger partial charge is 0.356 e. The maximum absolute atomic E-state index is 12.2. The van der Waals surface area contributed by atoms with E-state index in [2.05, 4.69) is 14.5 Å². The van der Waals surface area contributed by atoms with E-state index in [0.717, 1.165) is 0 Å². The highest BCUT2D eigenvalue weighted by molar-refractivity contribution is 7.58. The summed E-state index contributed by atoms with van der Waals surface area (Å²) in [6.07, 6.45) is -9.06. The first-order chi connectivity index (χ1) is 10.2. The Hall–Kier alpha value is -0.390. The lowest BCUT2D eigenvalue weighted by molar-refractivity contribution is -0.180. The number of ether oxygens (including phenoxy) is 1. The molecule has 23 heavy (non-hydrogen) atoms. The predicted octanol–water partition coefficient (Wildman–Crippen LogP) is 3.02. The Kier molecular flexibility index (Phi) is 8.49. The van der Waals surface area contributed by atoms with Crippen LogP contribution in [0, 0.1) is 0 Å². The molecule has 0 N–H and O–H groups in total. The monoisotopic (exact) mass is 374 g/mol. The molecule has 0 saturated carbocycles. The fourth-order valence-corrected chi connectivity index (χ4v) is 4.53. The zero-order valence-electron chi connectivity index (χ0n) is 13.4. The van der Waals surface area contributed by atoms with Gasteiger partial charge in [0, 0.05) is 0 Å². The highest BCUT2D eigenvalue weighted by atomic mass is 31.2.